The van der Waals surface area contributed by atoms with Crippen LogP contribution in [-0.4, -0.2) is 16.9 Å². The third-order valence-electron chi connectivity index (χ3n) is 4.28. The summed E-state index contributed by atoms with van der Waals surface area (Å²) in [5.74, 6) is 0.896. The van der Waals surface area contributed by atoms with E-state index in [2.05, 4.69) is 10.3 Å². The number of nitrogens with one attached hydrogen (secondary N) is 1. The van der Waals surface area contributed by atoms with Gasteiger partial charge >= 0.3 is 0 Å². The number of nitrogens with zero attached hydrogens (tertiary/aromatic N) is 1. The Labute approximate surface area is 186 Å². The van der Waals surface area contributed by atoms with Crippen molar-refractivity contribution in [1.29, 1.82) is 0 Å². The lowest BCUT2D eigenvalue weighted by molar-refractivity contribution is -0.115. The van der Waals surface area contributed by atoms with E-state index in [1.165, 1.54) is 18.7 Å². The number of rotatable bonds is 4. The molecule has 1 aromatic heterocycles. The lowest BCUT2D eigenvalue weighted by atomic mass is 10.1. The number of Topliss-reactive ketones (excluding diaryl/α,β-unsaturated/α-hetero) is 1. The molecule has 1 amide bonds. The molecule has 8 heteroatoms. The van der Waals surface area contributed by atoms with Crippen molar-refractivity contribution in [2.45, 2.75) is 6.92 Å². The molecule has 0 aliphatic carbocycles. The van der Waals surface area contributed by atoms with E-state index in [1.54, 1.807) is 42.5 Å². The minimum Gasteiger partial charge on any atom is -0.457 e. The van der Waals surface area contributed by atoms with Gasteiger partial charge in [-0.05, 0) is 43.0 Å². The van der Waals surface area contributed by atoms with Gasteiger partial charge in [-0.15, -0.1) is 0 Å². The summed E-state index contributed by atoms with van der Waals surface area (Å²) >= 11 is 13.3. The fraction of sp³-hybridized carbons (Fsp3) is 0.0455. The SMILES string of the molecule is CC(=O)c1ccc(-c2ccc(/C=C3/SC(=Nc4cccc(Cl)c4Cl)NC3=O)o2)cc1. The first kappa shape index (κ1) is 20.5. The van der Waals surface area contributed by atoms with Crippen molar-refractivity contribution >= 4 is 63.6 Å². The molecular weight excluding hydrogens is 443 g/mol. The first-order valence-electron chi connectivity index (χ1n) is 8.85. The molecule has 1 N–H and O–H groups in total. The molecule has 0 saturated carbocycles. The third kappa shape index (κ3) is 4.36. The predicted octanol–water partition coefficient (Wildman–Crippen LogP) is 6.35. The Bertz CT molecular complexity index is 1210. The second-order valence-corrected chi connectivity index (χ2v) is 8.21. The number of furan rings is 1. The lowest BCUT2D eigenvalue weighted by Gasteiger charge is -2.00. The van der Waals surface area contributed by atoms with Gasteiger partial charge in [-0.1, -0.05) is 53.5 Å². The lowest BCUT2D eigenvalue weighted by Crippen LogP contribution is -2.19. The largest absolute Gasteiger partial charge is 0.457 e. The molecule has 1 saturated heterocycles. The number of thioether (sulfide) groups is 1. The summed E-state index contributed by atoms with van der Waals surface area (Å²) in [4.78, 5) is 28.5. The highest BCUT2D eigenvalue weighted by Gasteiger charge is 2.24. The number of benzene rings is 2. The number of carbonyl (C=O) groups excluding carboxylic acids is 2. The van der Waals surface area contributed by atoms with E-state index >= 15 is 0 Å². The van der Waals surface area contributed by atoms with Crippen LogP contribution in [-0.2, 0) is 4.79 Å². The van der Waals surface area contributed by atoms with E-state index in [0.717, 1.165) is 5.56 Å². The molecule has 0 unspecified atom stereocenters. The Morgan fingerprint density at radius 2 is 1.87 bits per heavy atom. The topological polar surface area (TPSA) is 71.7 Å². The van der Waals surface area contributed by atoms with Crippen LogP contribution in [0.25, 0.3) is 17.4 Å². The molecule has 0 atom stereocenters. The number of hydrogen-bond donors (Lipinski definition) is 1. The molecule has 0 bridgehead atoms. The van der Waals surface area contributed by atoms with Gasteiger partial charge < -0.3 is 9.73 Å². The van der Waals surface area contributed by atoms with Crippen molar-refractivity contribution in [3.63, 3.8) is 0 Å². The van der Waals surface area contributed by atoms with Crippen molar-refractivity contribution in [3.05, 3.63) is 80.9 Å². The van der Waals surface area contributed by atoms with Crippen LogP contribution in [0.2, 0.25) is 10.0 Å². The number of carbonyl (C=O) groups is 2. The molecule has 1 aliphatic rings. The molecule has 4 rings (SSSR count). The van der Waals surface area contributed by atoms with Crippen LogP contribution in [0.4, 0.5) is 5.69 Å². The van der Waals surface area contributed by atoms with E-state index in [-0.39, 0.29) is 11.7 Å². The van der Waals surface area contributed by atoms with Crippen LogP contribution >= 0.6 is 35.0 Å². The molecule has 0 radical (unpaired) electrons. The number of hydrogen-bond acceptors (Lipinski definition) is 5. The van der Waals surface area contributed by atoms with Crippen molar-refractivity contribution in [2.75, 3.05) is 0 Å². The van der Waals surface area contributed by atoms with Crippen LogP contribution in [0.3, 0.4) is 0 Å². The maximum absolute atomic E-state index is 12.3. The highest BCUT2D eigenvalue weighted by atomic mass is 35.5. The third-order valence-corrected chi connectivity index (χ3v) is 6.00. The Hall–Kier alpha value is -2.80. The standard InChI is InChI=1S/C22H14Cl2N2O3S/c1-12(27)13-5-7-14(8-6-13)18-10-9-15(29-18)11-19-21(28)26-22(30-19)25-17-4-2-3-16(23)20(17)24/h2-11H,1H3,(H,25,26,28)/b19-11+. The van der Waals surface area contributed by atoms with Gasteiger partial charge in [-0.2, -0.15) is 0 Å². The highest BCUT2D eigenvalue weighted by Crippen LogP contribution is 2.35. The number of amidine groups is 1. The van der Waals surface area contributed by atoms with Gasteiger partial charge in [0.15, 0.2) is 11.0 Å². The Balaban J connectivity index is 1.54. The number of amides is 1. The second kappa shape index (κ2) is 8.52. The van der Waals surface area contributed by atoms with Crippen LogP contribution in [0.1, 0.15) is 23.0 Å². The molecule has 1 aliphatic heterocycles. The van der Waals surface area contributed by atoms with Gasteiger partial charge in [0.05, 0.1) is 20.6 Å². The predicted molar refractivity (Wildman–Crippen MR) is 121 cm³/mol. The van der Waals surface area contributed by atoms with Crippen LogP contribution in [0, 0.1) is 0 Å². The monoisotopic (exact) mass is 456 g/mol. The van der Waals surface area contributed by atoms with Gasteiger partial charge in [0.2, 0.25) is 0 Å². The minimum absolute atomic E-state index is 0.00668. The zero-order chi connectivity index (χ0) is 21.3. The normalized spacial score (nSPS) is 16.3. The van der Waals surface area contributed by atoms with E-state index in [4.69, 9.17) is 27.6 Å². The Kier molecular flexibility index (Phi) is 5.81. The molecule has 1 fully saturated rings. The zero-order valence-electron chi connectivity index (χ0n) is 15.6. The van der Waals surface area contributed by atoms with E-state index < -0.39 is 0 Å². The average Bonchev–Trinajstić information content (AvgIpc) is 3.32. The molecule has 5 nitrogen and oxygen atoms in total. The average molecular weight is 457 g/mol. The summed E-state index contributed by atoms with van der Waals surface area (Å²) in [7, 11) is 0. The Morgan fingerprint density at radius 3 is 2.60 bits per heavy atom. The molecule has 3 aromatic rings. The van der Waals surface area contributed by atoms with Gasteiger partial charge in [0.1, 0.15) is 11.5 Å². The van der Waals surface area contributed by atoms with E-state index in [0.29, 0.717) is 42.9 Å². The van der Waals surface area contributed by atoms with Gasteiger partial charge in [0, 0.05) is 17.2 Å². The van der Waals surface area contributed by atoms with Crippen molar-refractivity contribution < 1.29 is 14.0 Å². The molecular formula is C22H14Cl2N2O3S. The van der Waals surface area contributed by atoms with Crippen LogP contribution in [0.5, 0.6) is 0 Å². The fourth-order valence-electron chi connectivity index (χ4n) is 2.75. The van der Waals surface area contributed by atoms with Gasteiger partial charge in [-0.3, -0.25) is 9.59 Å². The highest BCUT2D eigenvalue weighted by molar-refractivity contribution is 8.18. The number of aliphatic imine (C=N–C) groups is 1. The van der Waals surface area contributed by atoms with E-state index in [9.17, 15) is 9.59 Å². The smallest absolute Gasteiger partial charge is 0.264 e. The van der Waals surface area contributed by atoms with Crippen molar-refractivity contribution in [2.24, 2.45) is 4.99 Å². The maximum Gasteiger partial charge on any atom is 0.264 e. The summed E-state index contributed by atoms with van der Waals surface area (Å²) in [6.45, 7) is 1.52. The zero-order valence-corrected chi connectivity index (χ0v) is 17.9. The van der Waals surface area contributed by atoms with Crippen molar-refractivity contribution in [3.8, 4) is 11.3 Å². The second-order valence-electron chi connectivity index (χ2n) is 6.39. The van der Waals surface area contributed by atoms with Crippen LogP contribution < -0.4 is 5.32 Å². The molecule has 150 valence electrons. The van der Waals surface area contributed by atoms with E-state index in [1.807, 2.05) is 18.2 Å². The van der Waals surface area contributed by atoms with Gasteiger partial charge in [0.25, 0.3) is 5.91 Å². The van der Waals surface area contributed by atoms with Gasteiger partial charge in [-0.25, -0.2) is 4.99 Å². The summed E-state index contributed by atoms with van der Waals surface area (Å²) in [5, 5.41) is 3.83. The first-order chi connectivity index (χ1) is 14.4. The summed E-state index contributed by atoms with van der Waals surface area (Å²) < 4.78 is 5.84. The number of halogens is 2. The molecule has 2 heterocycles. The van der Waals surface area contributed by atoms with Crippen LogP contribution in [0.15, 0.2) is 68.9 Å². The summed E-state index contributed by atoms with van der Waals surface area (Å²) in [6.07, 6.45) is 1.65. The molecule has 30 heavy (non-hydrogen) atoms. The molecule has 2 aromatic carbocycles. The number of ketones is 1. The summed E-state index contributed by atoms with van der Waals surface area (Å²) in [6, 6.07) is 15.9. The quantitative estimate of drug-likeness (QED) is 0.366. The minimum atomic E-state index is -0.277. The maximum atomic E-state index is 12.3. The fourth-order valence-corrected chi connectivity index (χ4v) is 3.91. The first-order valence-corrected chi connectivity index (χ1v) is 10.4. The summed E-state index contributed by atoms with van der Waals surface area (Å²) in [5.41, 5.74) is 1.95. The molecule has 0 spiro atoms. The Morgan fingerprint density at radius 1 is 1.10 bits per heavy atom. The van der Waals surface area contributed by atoms with Crippen molar-refractivity contribution in [1.82, 2.24) is 5.32 Å².